The molecule has 1 atom stereocenters. The molecule has 1 saturated heterocycles. The lowest BCUT2D eigenvalue weighted by Gasteiger charge is -2.33. The number of amides is 1. The van der Waals surface area contributed by atoms with Gasteiger partial charge >= 0.3 is 0 Å². The highest BCUT2D eigenvalue weighted by atomic mass is 16.1. The minimum absolute atomic E-state index is 0.0930. The Labute approximate surface area is 191 Å². The molecule has 1 aliphatic heterocycles. The predicted octanol–water partition coefficient (Wildman–Crippen LogP) is 0.719. The van der Waals surface area contributed by atoms with Crippen LogP contribution in [0.3, 0.4) is 0 Å². The molecule has 1 fully saturated rings. The zero-order valence-electron chi connectivity index (χ0n) is 19.5. The number of anilines is 1. The number of carbonyl (C=O) groups excluding carboxylic acids is 1. The third kappa shape index (κ3) is 5.29. The van der Waals surface area contributed by atoms with Gasteiger partial charge in [-0.05, 0) is 28.5 Å². The third-order valence-electron chi connectivity index (χ3n) is 6.78. The lowest BCUT2D eigenvalue weighted by atomic mass is 10.0. The molecule has 0 radical (unpaired) electrons. The summed E-state index contributed by atoms with van der Waals surface area (Å²) in [6.07, 6.45) is 0.413. The lowest BCUT2D eigenvalue weighted by molar-refractivity contribution is -1.02. The first-order valence-electron chi connectivity index (χ1n) is 11.7. The highest BCUT2D eigenvalue weighted by Crippen LogP contribution is 2.19. The SMILES string of the molecule is CN(C)c1ccc([C@@H](CNC(=O)Cc2cccc3ccccc23)[NH+]2CC[NH+](C)CC2)cc1. The van der Waals surface area contributed by atoms with E-state index in [4.69, 9.17) is 0 Å². The minimum atomic E-state index is 0.0930. The molecule has 3 N–H and O–H groups in total. The van der Waals surface area contributed by atoms with Crippen LogP contribution in [0.15, 0.2) is 66.7 Å². The maximum Gasteiger partial charge on any atom is 0.224 e. The van der Waals surface area contributed by atoms with Crippen molar-refractivity contribution in [1.29, 1.82) is 0 Å². The number of hydrogen-bond acceptors (Lipinski definition) is 2. The van der Waals surface area contributed by atoms with Gasteiger partial charge in [0.05, 0.1) is 20.0 Å². The predicted molar refractivity (Wildman–Crippen MR) is 131 cm³/mol. The fourth-order valence-corrected chi connectivity index (χ4v) is 4.75. The number of benzene rings is 3. The Morgan fingerprint density at radius 2 is 1.62 bits per heavy atom. The largest absolute Gasteiger partial charge is 0.378 e. The fourth-order valence-electron chi connectivity index (χ4n) is 4.75. The molecule has 3 aromatic rings. The standard InChI is InChI=1S/C27H34N4O/c1-29(2)24-13-11-22(12-14-24)26(31-17-15-30(3)16-18-31)20-28-27(32)19-23-9-6-8-21-7-4-5-10-25(21)23/h4-14,26H,15-20H2,1-3H3,(H,28,32)/p+2/t26-/m1/s1. The van der Waals surface area contributed by atoms with Gasteiger partial charge in [-0.1, -0.05) is 54.6 Å². The first-order valence-corrected chi connectivity index (χ1v) is 11.7. The second-order valence-corrected chi connectivity index (χ2v) is 9.27. The zero-order chi connectivity index (χ0) is 22.5. The smallest absolute Gasteiger partial charge is 0.224 e. The topological polar surface area (TPSA) is 41.2 Å². The number of piperazine rings is 1. The van der Waals surface area contributed by atoms with Crippen LogP contribution in [0.4, 0.5) is 5.69 Å². The number of fused-ring (bicyclic) bond motifs is 1. The van der Waals surface area contributed by atoms with Crippen molar-refractivity contribution in [1.82, 2.24) is 5.32 Å². The maximum absolute atomic E-state index is 12.9. The number of likely N-dealkylation sites (N-methyl/N-ethyl adjacent to an activating group) is 1. The first-order chi connectivity index (χ1) is 15.5. The van der Waals surface area contributed by atoms with E-state index in [1.165, 1.54) is 29.7 Å². The van der Waals surface area contributed by atoms with Gasteiger partial charge in [-0.3, -0.25) is 4.79 Å². The number of nitrogens with zero attached hydrogens (tertiary/aromatic N) is 1. The summed E-state index contributed by atoms with van der Waals surface area (Å²) in [5.74, 6) is 0.0930. The molecule has 0 unspecified atom stereocenters. The highest BCUT2D eigenvalue weighted by molar-refractivity contribution is 5.90. The molecule has 1 amide bonds. The van der Waals surface area contributed by atoms with Crippen LogP contribution in [0.5, 0.6) is 0 Å². The third-order valence-corrected chi connectivity index (χ3v) is 6.78. The Morgan fingerprint density at radius 1 is 0.938 bits per heavy atom. The van der Waals surface area contributed by atoms with Gasteiger partial charge < -0.3 is 20.0 Å². The average Bonchev–Trinajstić information content (AvgIpc) is 2.81. The van der Waals surface area contributed by atoms with Crippen molar-refractivity contribution in [2.75, 3.05) is 58.8 Å². The molecule has 0 bridgehead atoms. The Balaban J connectivity index is 1.47. The van der Waals surface area contributed by atoms with E-state index in [-0.39, 0.29) is 11.9 Å². The van der Waals surface area contributed by atoms with Crippen LogP contribution in [0.25, 0.3) is 10.8 Å². The fraction of sp³-hybridized carbons (Fsp3) is 0.370. The summed E-state index contributed by atoms with van der Waals surface area (Å²) >= 11 is 0. The second-order valence-electron chi connectivity index (χ2n) is 9.27. The van der Waals surface area contributed by atoms with Gasteiger partial charge in [0.15, 0.2) is 0 Å². The van der Waals surface area contributed by atoms with Crippen LogP contribution < -0.4 is 20.0 Å². The van der Waals surface area contributed by atoms with Crippen molar-refractivity contribution in [3.63, 3.8) is 0 Å². The van der Waals surface area contributed by atoms with E-state index < -0.39 is 0 Å². The molecular weight excluding hydrogens is 396 g/mol. The number of rotatable bonds is 7. The Morgan fingerprint density at radius 3 is 2.34 bits per heavy atom. The summed E-state index contributed by atoms with van der Waals surface area (Å²) in [6.45, 7) is 5.27. The van der Waals surface area contributed by atoms with Crippen molar-refractivity contribution in [3.8, 4) is 0 Å². The molecule has 0 saturated carbocycles. The van der Waals surface area contributed by atoms with E-state index in [1.54, 1.807) is 9.80 Å². The zero-order valence-corrected chi connectivity index (χ0v) is 19.5. The summed E-state index contributed by atoms with van der Waals surface area (Å²) < 4.78 is 0. The van der Waals surface area contributed by atoms with Crippen LogP contribution in [0.2, 0.25) is 0 Å². The van der Waals surface area contributed by atoms with Gasteiger partial charge in [0, 0.05) is 25.3 Å². The molecular formula is C27H36N4O+2. The summed E-state index contributed by atoms with van der Waals surface area (Å²) in [4.78, 5) is 18.2. The molecule has 0 spiro atoms. The molecule has 168 valence electrons. The second kappa shape index (κ2) is 10.2. The van der Waals surface area contributed by atoms with Crippen LogP contribution in [0, 0.1) is 0 Å². The summed E-state index contributed by atoms with van der Waals surface area (Å²) in [6, 6.07) is 23.6. The van der Waals surface area contributed by atoms with E-state index in [0.29, 0.717) is 13.0 Å². The van der Waals surface area contributed by atoms with Gasteiger partial charge in [-0.25, -0.2) is 0 Å². The number of carbonyl (C=O) groups is 1. The van der Waals surface area contributed by atoms with E-state index in [1.807, 2.05) is 18.2 Å². The molecule has 0 aliphatic carbocycles. The van der Waals surface area contributed by atoms with Gasteiger partial charge in [0.1, 0.15) is 32.2 Å². The Hall–Kier alpha value is -2.89. The van der Waals surface area contributed by atoms with Gasteiger partial charge in [-0.15, -0.1) is 0 Å². The van der Waals surface area contributed by atoms with Gasteiger partial charge in [0.25, 0.3) is 0 Å². The number of nitrogens with one attached hydrogen (secondary N) is 3. The van der Waals surface area contributed by atoms with E-state index >= 15 is 0 Å². The Bertz CT molecular complexity index is 1030. The molecule has 5 nitrogen and oxygen atoms in total. The monoisotopic (exact) mass is 432 g/mol. The summed E-state index contributed by atoms with van der Waals surface area (Å²) in [5, 5.41) is 5.61. The minimum Gasteiger partial charge on any atom is -0.378 e. The van der Waals surface area contributed by atoms with E-state index in [2.05, 4.69) is 79.9 Å². The van der Waals surface area contributed by atoms with Crippen molar-refractivity contribution in [2.45, 2.75) is 12.5 Å². The van der Waals surface area contributed by atoms with Crippen molar-refractivity contribution >= 4 is 22.4 Å². The van der Waals surface area contributed by atoms with Crippen LogP contribution >= 0.6 is 0 Å². The summed E-state index contributed by atoms with van der Waals surface area (Å²) in [7, 11) is 6.40. The van der Waals surface area contributed by atoms with Crippen LogP contribution in [-0.4, -0.2) is 59.8 Å². The molecule has 1 aliphatic rings. The molecule has 1 heterocycles. The van der Waals surface area contributed by atoms with Crippen molar-refractivity contribution in [2.24, 2.45) is 0 Å². The highest BCUT2D eigenvalue weighted by Gasteiger charge is 2.29. The number of hydrogen-bond donors (Lipinski definition) is 3. The molecule has 0 aromatic heterocycles. The van der Waals surface area contributed by atoms with Crippen molar-refractivity contribution in [3.05, 3.63) is 77.9 Å². The lowest BCUT2D eigenvalue weighted by Crippen LogP contribution is -3.27. The van der Waals surface area contributed by atoms with Crippen LogP contribution in [-0.2, 0) is 11.2 Å². The Kier molecular flexibility index (Phi) is 7.08. The first kappa shape index (κ1) is 22.3. The summed E-state index contributed by atoms with van der Waals surface area (Å²) in [5.41, 5.74) is 3.59. The van der Waals surface area contributed by atoms with E-state index in [0.717, 1.165) is 24.0 Å². The van der Waals surface area contributed by atoms with Crippen molar-refractivity contribution < 1.29 is 14.6 Å². The average molecular weight is 433 g/mol. The molecule has 5 heteroatoms. The molecule has 3 aromatic carbocycles. The van der Waals surface area contributed by atoms with E-state index in [9.17, 15) is 4.79 Å². The normalized spacial score (nSPS) is 19.5. The molecule has 32 heavy (non-hydrogen) atoms. The van der Waals surface area contributed by atoms with Gasteiger partial charge in [0.2, 0.25) is 5.91 Å². The molecule has 4 rings (SSSR count). The van der Waals surface area contributed by atoms with Gasteiger partial charge in [-0.2, -0.15) is 0 Å². The quantitative estimate of drug-likeness (QED) is 0.515. The van der Waals surface area contributed by atoms with Crippen LogP contribution in [0.1, 0.15) is 17.2 Å². The number of quaternary nitrogens is 2. The maximum atomic E-state index is 12.9.